The third-order valence-corrected chi connectivity index (χ3v) is 4.65. The number of hydrogen-bond donors (Lipinski definition) is 1. The number of fused-ring (bicyclic) bond motifs is 1. The normalized spacial score (nSPS) is 14.2. The summed E-state index contributed by atoms with van der Waals surface area (Å²) in [4.78, 5) is 22.3. The highest BCUT2D eigenvalue weighted by Gasteiger charge is 2.13. The van der Waals surface area contributed by atoms with Crippen molar-refractivity contribution in [1.82, 2.24) is 9.97 Å². The summed E-state index contributed by atoms with van der Waals surface area (Å²) >= 11 is 0. The Kier molecular flexibility index (Phi) is 4.06. The minimum absolute atomic E-state index is 0.267. The van der Waals surface area contributed by atoms with Gasteiger partial charge in [-0.2, -0.15) is 0 Å². The molecule has 2 aromatic heterocycles. The topological polar surface area (TPSA) is 66.3 Å². The van der Waals surface area contributed by atoms with Crippen molar-refractivity contribution < 1.29 is 9.90 Å². The molecule has 0 aliphatic carbocycles. The van der Waals surface area contributed by atoms with Gasteiger partial charge in [0.2, 0.25) is 0 Å². The van der Waals surface area contributed by atoms with Gasteiger partial charge >= 0.3 is 5.97 Å². The number of benzene rings is 1. The minimum atomic E-state index is -0.929. The first-order valence-corrected chi connectivity index (χ1v) is 8.51. The van der Waals surface area contributed by atoms with E-state index in [1.807, 2.05) is 18.3 Å². The average Bonchev–Trinajstić information content (AvgIpc) is 3.16. The van der Waals surface area contributed by atoms with Crippen LogP contribution in [-0.4, -0.2) is 34.1 Å². The Morgan fingerprint density at radius 1 is 1.08 bits per heavy atom. The predicted molar refractivity (Wildman–Crippen MR) is 97.2 cm³/mol. The number of hydrogen-bond acceptors (Lipinski definition) is 4. The van der Waals surface area contributed by atoms with Crippen LogP contribution in [0, 0.1) is 0 Å². The fourth-order valence-corrected chi connectivity index (χ4v) is 3.34. The summed E-state index contributed by atoms with van der Waals surface area (Å²) in [5, 5.41) is 10.2. The number of anilines is 1. The molecule has 5 heteroatoms. The lowest BCUT2D eigenvalue weighted by molar-refractivity contribution is 0.0696. The third-order valence-electron chi connectivity index (χ3n) is 4.65. The van der Waals surface area contributed by atoms with Gasteiger partial charge in [0.05, 0.1) is 23.0 Å². The highest BCUT2D eigenvalue weighted by molar-refractivity contribution is 5.87. The Labute approximate surface area is 146 Å². The molecule has 0 saturated carbocycles. The number of aromatic nitrogens is 2. The van der Waals surface area contributed by atoms with Gasteiger partial charge in [-0.25, -0.2) is 4.79 Å². The van der Waals surface area contributed by atoms with Crippen LogP contribution >= 0.6 is 0 Å². The van der Waals surface area contributed by atoms with Gasteiger partial charge in [-0.15, -0.1) is 0 Å². The van der Waals surface area contributed by atoms with Crippen LogP contribution in [0.3, 0.4) is 0 Å². The summed E-state index contributed by atoms with van der Waals surface area (Å²) < 4.78 is 0. The zero-order chi connectivity index (χ0) is 17.2. The number of carboxylic acids is 1. The predicted octanol–water partition coefficient (Wildman–Crippen LogP) is 3.52. The van der Waals surface area contributed by atoms with Gasteiger partial charge in [-0.05, 0) is 48.7 Å². The molecule has 3 heterocycles. The number of pyridine rings is 2. The van der Waals surface area contributed by atoms with Crippen molar-refractivity contribution in [2.45, 2.75) is 19.3 Å². The molecule has 0 spiro atoms. The number of carboxylic acid groups (broad SMARTS) is 1. The second-order valence-electron chi connectivity index (χ2n) is 6.43. The molecule has 0 radical (unpaired) electrons. The molecule has 1 N–H and O–H groups in total. The van der Waals surface area contributed by atoms with Crippen LogP contribution < -0.4 is 4.90 Å². The SMILES string of the molecule is O=C(O)c1ccnc(Cc2ccc3ncc(N4CCCC4)cc3c2)c1. The van der Waals surface area contributed by atoms with E-state index in [0.29, 0.717) is 6.42 Å². The van der Waals surface area contributed by atoms with E-state index in [0.717, 1.165) is 35.2 Å². The van der Waals surface area contributed by atoms with Crippen molar-refractivity contribution in [3.05, 3.63) is 65.6 Å². The van der Waals surface area contributed by atoms with E-state index in [1.54, 1.807) is 12.3 Å². The van der Waals surface area contributed by atoms with Crippen LogP contribution in [0.15, 0.2) is 48.8 Å². The quantitative estimate of drug-likeness (QED) is 0.791. The summed E-state index contributed by atoms with van der Waals surface area (Å²) in [5.41, 5.74) is 4.27. The molecule has 4 rings (SSSR count). The number of carbonyl (C=O) groups is 1. The third kappa shape index (κ3) is 3.31. The van der Waals surface area contributed by atoms with Crippen molar-refractivity contribution in [3.8, 4) is 0 Å². The van der Waals surface area contributed by atoms with Crippen molar-refractivity contribution >= 4 is 22.6 Å². The maximum absolute atomic E-state index is 11.1. The minimum Gasteiger partial charge on any atom is -0.478 e. The standard InChI is InChI=1S/C20H19N3O2/c24-20(25)15-5-6-21-17(11-15)10-14-3-4-19-16(9-14)12-18(13-22-19)23-7-1-2-8-23/h3-6,9,11-13H,1-2,7-8,10H2,(H,24,25). The van der Waals surface area contributed by atoms with Crippen molar-refractivity contribution in [1.29, 1.82) is 0 Å². The van der Waals surface area contributed by atoms with Crippen LogP contribution in [0.2, 0.25) is 0 Å². The number of nitrogens with zero attached hydrogens (tertiary/aromatic N) is 3. The molecule has 0 atom stereocenters. The first-order valence-electron chi connectivity index (χ1n) is 8.51. The molecule has 3 aromatic rings. The molecule has 1 fully saturated rings. The van der Waals surface area contributed by atoms with E-state index < -0.39 is 5.97 Å². The zero-order valence-corrected chi connectivity index (χ0v) is 13.9. The molecule has 1 aromatic carbocycles. The van der Waals surface area contributed by atoms with Gasteiger partial charge in [0.15, 0.2) is 0 Å². The molecule has 0 unspecified atom stereocenters. The molecule has 126 valence electrons. The zero-order valence-electron chi connectivity index (χ0n) is 13.9. The first-order chi connectivity index (χ1) is 12.2. The lowest BCUT2D eigenvalue weighted by Crippen LogP contribution is -2.17. The molecule has 1 saturated heterocycles. The molecule has 1 aliphatic rings. The second kappa shape index (κ2) is 6.51. The summed E-state index contributed by atoms with van der Waals surface area (Å²) in [6, 6.07) is 11.5. The average molecular weight is 333 g/mol. The first kappa shape index (κ1) is 15.6. The highest BCUT2D eigenvalue weighted by atomic mass is 16.4. The molecular formula is C20H19N3O2. The smallest absolute Gasteiger partial charge is 0.335 e. The second-order valence-corrected chi connectivity index (χ2v) is 6.43. The molecule has 0 amide bonds. The van der Waals surface area contributed by atoms with Crippen LogP contribution in [0.4, 0.5) is 5.69 Å². The fourth-order valence-electron chi connectivity index (χ4n) is 3.34. The van der Waals surface area contributed by atoms with Crippen LogP contribution in [0.25, 0.3) is 10.9 Å². The van der Waals surface area contributed by atoms with Crippen LogP contribution in [0.5, 0.6) is 0 Å². The highest BCUT2D eigenvalue weighted by Crippen LogP contribution is 2.24. The van der Waals surface area contributed by atoms with Gasteiger partial charge < -0.3 is 10.0 Å². The van der Waals surface area contributed by atoms with E-state index in [-0.39, 0.29) is 5.56 Å². The lowest BCUT2D eigenvalue weighted by Gasteiger charge is -2.17. The van der Waals surface area contributed by atoms with E-state index in [9.17, 15) is 4.79 Å². The summed E-state index contributed by atoms with van der Waals surface area (Å²) in [5.74, 6) is -0.929. The van der Waals surface area contributed by atoms with Crippen molar-refractivity contribution in [3.63, 3.8) is 0 Å². The van der Waals surface area contributed by atoms with E-state index in [1.165, 1.54) is 24.6 Å². The van der Waals surface area contributed by atoms with Crippen molar-refractivity contribution in [2.75, 3.05) is 18.0 Å². The van der Waals surface area contributed by atoms with Gasteiger partial charge in [-0.3, -0.25) is 9.97 Å². The van der Waals surface area contributed by atoms with Gasteiger partial charge in [0.1, 0.15) is 0 Å². The van der Waals surface area contributed by atoms with Gasteiger partial charge in [-0.1, -0.05) is 6.07 Å². The maximum Gasteiger partial charge on any atom is 0.335 e. The lowest BCUT2D eigenvalue weighted by atomic mass is 10.0. The summed E-state index contributed by atoms with van der Waals surface area (Å²) in [6.07, 6.45) is 6.58. The summed E-state index contributed by atoms with van der Waals surface area (Å²) in [7, 11) is 0. The Hall–Kier alpha value is -2.95. The Morgan fingerprint density at radius 3 is 2.72 bits per heavy atom. The van der Waals surface area contributed by atoms with E-state index in [2.05, 4.69) is 27.0 Å². The van der Waals surface area contributed by atoms with Crippen molar-refractivity contribution in [2.24, 2.45) is 0 Å². The van der Waals surface area contributed by atoms with Crippen LogP contribution in [-0.2, 0) is 6.42 Å². The van der Waals surface area contributed by atoms with Gasteiger partial charge in [0.25, 0.3) is 0 Å². The maximum atomic E-state index is 11.1. The summed E-state index contributed by atoms with van der Waals surface area (Å²) in [6.45, 7) is 2.19. The van der Waals surface area contributed by atoms with Gasteiger partial charge in [0, 0.05) is 36.8 Å². The van der Waals surface area contributed by atoms with Crippen LogP contribution in [0.1, 0.15) is 34.5 Å². The molecule has 25 heavy (non-hydrogen) atoms. The largest absolute Gasteiger partial charge is 0.478 e. The molecule has 1 aliphatic heterocycles. The Bertz CT molecular complexity index is 933. The van der Waals surface area contributed by atoms with E-state index >= 15 is 0 Å². The Balaban J connectivity index is 1.63. The molecule has 5 nitrogen and oxygen atoms in total. The number of aromatic carboxylic acids is 1. The monoisotopic (exact) mass is 333 g/mol. The van der Waals surface area contributed by atoms with E-state index in [4.69, 9.17) is 5.11 Å². The molecule has 0 bridgehead atoms. The molecular weight excluding hydrogens is 314 g/mol. The number of rotatable bonds is 4. The Morgan fingerprint density at radius 2 is 1.92 bits per heavy atom. The fraction of sp³-hybridized carbons (Fsp3) is 0.250.